The largest absolute Gasteiger partial charge is 0.308 e. The van der Waals surface area contributed by atoms with Crippen LogP contribution in [0.4, 0.5) is 0 Å². The second-order valence-corrected chi connectivity index (χ2v) is 17.2. The number of aromatic nitrogens is 5. The summed E-state index contributed by atoms with van der Waals surface area (Å²) in [6.07, 6.45) is 0. The van der Waals surface area contributed by atoms with E-state index >= 15 is 0 Å². The van der Waals surface area contributed by atoms with Gasteiger partial charge in [-0.15, -0.1) is 0 Å². The fourth-order valence-electron chi connectivity index (χ4n) is 7.95. The van der Waals surface area contributed by atoms with E-state index in [1.54, 1.807) is 0 Å². The van der Waals surface area contributed by atoms with Crippen LogP contribution in [-0.2, 0) is 10.8 Å². The number of nitrogens with zero attached hydrogens (tertiary/aromatic N) is 6. The highest BCUT2D eigenvalue weighted by Crippen LogP contribution is 2.39. The maximum Gasteiger partial charge on any atom is 0.238 e. The zero-order valence-corrected chi connectivity index (χ0v) is 33.2. The minimum absolute atomic E-state index is 0.0111. The number of rotatable bonds is 4. The van der Waals surface area contributed by atoms with E-state index in [1.807, 2.05) is 48.5 Å². The molecule has 9 aromatic rings. The van der Waals surface area contributed by atoms with E-state index < -0.39 is 0 Å². The van der Waals surface area contributed by atoms with E-state index in [0.29, 0.717) is 23.2 Å². The van der Waals surface area contributed by atoms with E-state index in [9.17, 15) is 5.26 Å². The molecule has 56 heavy (non-hydrogen) atoms. The van der Waals surface area contributed by atoms with Crippen molar-refractivity contribution in [2.45, 2.75) is 66.2 Å². The number of benzene rings is 6. The molecule has 6 heteroatoms. The van der Waals surface area contributed by atoms with Crippen LogP contribution in [0.5, 0.6) is 0 Å². The van der Waals surface area contributed by atoms with Gasteiger partial charge in [0.05, 0.1) is 33.3 Å². The quantitative estimate of drug-likeness (QED) is 0.181. The SMILES string of the molecule is Cc1ccc2c(c1)c1cc(C)ccc1n2-c1nc(-c2ccccc2)nc(-c2ccc(-n3c4ccc(C(C)(C)C)cc4c4cc(C(C)(C)C)ccc43)c(C#N)c2)n1. The third-order valence-electron chi connectivity index (χ3n) is 11.0. The summed E-state index contributed by atoms with van der Waals surface area (Å²) in [5.74, 6) is 1.59. The van der Waals surface area contributed by atoms with Gasteiger partial charge in [0.1, 0.15) is 6.07 Å². The van der Waals surface area contributed by atoms with Gasteiger partial charge in [0.2, 0.25) is 5.95 Å². The molecule has 0 amide bonds. The topological polar surface area (TPSA) is 72.3 Å². The molecule has 3 aromatic heterocycles. The fourth-order valence-corrected chi connectivity index (χ4v) is 7.95. The summed E-state index contributed by atoms with van der Waals surface area (Å²) in [6, 6.07) is 45.1. The molecule has 0 fully saturated rings. The van der Waals surface area contributed by atoms with Gasteiger partial charge >= 0.3 is 0 Å². The Morgan fingerprint density at radius 3 is 1.48 bits per heavy atom. The first-order chi connectivity index (χ1) is 26.8. The molecule has 0 spiro atoms. The van der Waals surface area contributed by atoms with Crippen LogP contribution in [0.3, 0.4) is 0 Å². The first-order valence-corrected chi connectivity index (χ1v) is 19.3. The van der Waals surface area contributed by atoms with Crippen molar-refractivity contribution < 1.29 is 0 Å². The van der Waals surface area contributed by atoms with Gasteiger partial charge in [-0.1, -0.05) is 107 Å². The third-order valence-corrected chi connectivity index (χ3v) is 11.0. The summed E-state index contributed by atoms with van der Waals surface area (Å²) >= 11 is 0. The van der Waals surface area contributed by atoms with Crippen LogP contribution < -0.4 is 0 Å². The molecule has 0 aliphatic carbocycles. The molecule has 6 nitrogen and oxygen atoms in total. The Hall–Kier alpha value is -6.58. The van der Waals surface area contributed by atoms with Gasteiger partial charge < -0.3 is 4.57 Å². The number of nitriles is 1. The zero-order valence-electron chi connectivity index (χ0n) is 33.2. The second-order valence-electron chi connectivity index (χ2n) is 17.2. The van der Waals surface area contributed by atoms with Gasteiger partial charge in [-0.25, -0.2) is 4.98 Å². The van der Waals surface area contributed by atoms with Crippen molar-refractivity contribution in [3.05, 3.63) is 149 Å². The van der Waals surface area contributed by atoms with E-state index in [2.05, 4.69) is 143 Å². The average Bonchev–Trinajstić information content (AvgIpc) is 3.68. The van der Waals surface area contributed by atoms with Crippen LogP contribution in [0.15, 0.2) is 121 Å². The van der Waals surface area contributed by atoms with Gasteiger partial charge in [0.15, 0.2) is 11.6 Å². The minimum Gasteiger partial charge on any atom is -0.308 e. The lowest BCUT2D eigenvalue weighted by Gasteiger charge is -2.19. The molecule has 0 radical (unpaired) electrons. The normalized spacial score (nSPS) is 12.3. The predicted molar refractivity (Wildman–Crippen MR) is 231 cm³/mol. The van der Waals surface area contributed by atoms with Gasteiger partial charge in [-0.2, -0.15) is 15.2 Å². The van der Waals surface area contributed by atoms with Gasteiger partial charge in [0.25, 0.3) is 0 Å². The minimum atomic E-state index is -0.0111. The van der Waals surface area contributed by atoms with Crippen molar-refractivity contribution in [2.75, 3.05) is 0 Å². The van der Waals surface area contributed by atoms with Gasteiger partial charge in [0, 0.05) is 32.7 Å². The Morgan fingerprint density at radius 2 is 0.964 bits per heavy atom. The van der Waals surface area contributed by atoms with Crippen LogP contribution in [-0.4, -0.2) is 24.1 Å². The number of hydrogen-bond acceptors (Lipinski definition) is 4. The van der Waals surface area contributed by atoms with Crippen molar-refractivity contribution >= 4 is 43.6 Å². The molecule has 0 saturated heterocycles. The summed E-state index contributed by atoms with van der Waals surface area (Å²) in [4.78, 5) is 15.3. The zero-order chi connectivity index (χ0) is 39.1. The molecule has 0 aliphatic heterocycles. The molecule has 9 rings (SSSR count). The van der Waals surface area contributed by atoms with E-state index in [4.69, 9.17) is 15.0 Å². The Morgan fingerprint density at radius 1 is 0.482 bits per heavy atom. The lowest BCUT2D eigenvalue weighted by atomic mass is 9.85. The first kappa shape index (κ1) is 35.1. The highest BCUT2D eigenvalue weighted by atomic mass is 15.2. The first-order valence-electron chi connectivity index (χ1n) is 19.3. The predicted octanol–water partition coefficient (Wildman–Crippen LogP) is 12.5. The van der Waals surface area contributed by atoms with Crippen molar-refractivity contribution in [2.24, 2.45) is 0 Å². The van der Waals surface area contributed by atoms with E-state index in [-0.39, 0.29) is 10.8 Å². The van der Waals surface area contributed by atoms with Crippen molar-refractivity contribution in [3.8, 4) is 40.5 Å². The van der Waals surface area contributed by atoms with Crippen molar-refractivity contribution in [1.29, 1.82) is 5.26 Å². The highest BCUT2D eigenvalue weighted by Gasteiger charge is 2.23. The van der Waals surface area contributed by atoms with Crippen LogP contribution in [0, 0.1) is 25.2 Å². The van der Waals surface area contributed by atoms with Crippen molar-refractivity contribution in [3.63, 3.8) is 0 Å². The van der Waals surface area contributed by atoms with E-state index in [1.165, 1.54) is 33.0 Å². The Balaban J connectivity index is 1.27. The molecule has 0 aliphatic rings. The fraction of sp³-hybridized carbons (Fsp3) is 0.200. The summed E-state index contributed by atoms with van der Waals surface area (Å²) in [5.41, 5.74) is 12.1. The molecule has 0 unspecified atom stereocenters. The molecular formula is C50H44N6. The standard InChI is InChI=1S/C50H44N6/c1-30-14-19-44-37(24-30)38-25-31(2)15-20-45(38)56(44)48-53-46(32-12-10-9-11-13-32)52-47(54-48)33-16-21-41(34(26-33)29-51)55-42-22-17-35(49(3,4)5)27-39(42)40-28-36(50(6,7)8)18-23-43(40)55/h9-28H,1-8H3. The smallest absolute Gasteiger partial charge is 0.238 e. The van der Waals surface area contributed by atoms with Gasteiger partial charge in [-0.3, -0.25) is 4.57 Å². The molecule has 3 heterocycles. The maximum atomic E-state index is 10.8. The second kappa shape index (κ2) is 12.7. The average molecular weight is 729 g/mol. The van der Waals surface area contributed by atoms with E-state index in [0.717, 1.165) is 49.7 Å². The van der Waals surface area contributed by atoms with Crippen LogP contribution in [0.1, 0.15) is 69.4 Å². The molecule has 0 atom stereocenters. The molecule has 0 N–H and O–H groups in total. The van der Waals surface area contributed by atoms with Gasteiger partial charge in [-0.05, 0) is 103 Å². The summed E-state index contributed by atoms with van der Waals surface area (Å²) < 4.78 is 4.37. The molecule has 0 saturated carbocycles. The Kier molecular flexibility index (Phi) is 8.00. The highest BCUT2D eigenvalue weighted by molar-refractivity contribution is 6.11. The van der Waals surface area contributed by atoms with Crippen LogP contribution in [0.25, 0.3) is 78.0 Å². The van der Waals surface area contributed by atoms with Crippen LogP contribution in [0.2, 0.25) is 0 Å². The van der Waals surface area contributed by atoms with Crippen LogP contribution >= 0.6 is 0 Å². The van der Waals surface area contributed by atoms with Crippen molar-refractivity contribution in [1.82, 2.24) is 24.1 Å². The summed E-state index contributed by atoms with van der Waals surface area (Å²) in [5, 5.41) is 15.5. The number of fused-ring (bicyclic) bond motifs is 6. The maximum absolute atomic E-state index is 10.8. The lowest BCUT2D eigenvalue weighted by Crippen LogP contribution is -2.10. The lowest BCUT2D eigenvalue weighted by molar-refractivity contribution is 0.590. The Labute approximate surface area is 327 Å². The molecular weight excluding hydrogens is 685 g/mol. The number of hydrogen-bond donors (Lipinski definition) is 0. The molecule has 0 bridgehead atoms. The summed E-state index contributed by atoms with van der Waals surface area (Å²) in [7, 11) is 0. The summed E-state index contributed by atoms with van der Waals surface area (Å²) in [6.45, 7) is 17.7. The molecule has 274 valence electrons. The third kappa shape index (κ3) is 5.83. The number of aryl methyl sites for hydroxylation is 2. The molecule has 6 aromatic carbocycles. The Bertz CT molecular complexity index is 2940. The monoisotopic (exact) mass is 728 g/mol.